The maximum absolute atomic E-state index is 11.4. The van der Waals surface area contributed by atoms with Gasteiger partial charge in [0.15, 0.2) is 5.52 Å². The van der Waals surface area contributed by atoms with E-state index < -0.39 is 10.9 Å². The number of aromatic nitrogens is 2. The van der Waals surface area contributed by atoms with E-state index in [4.69, 9.17) is 4.63 Å². The quantitative estimate of drug-likeness (QED) is 0.282. The Balaban J connectivity index is 1.15. The highest BCUT2D eigenvalue weighted by molar-refractivity contribution is 5.93. The van der Waals surface area contributed by atoms with Crippen molar-refractivity contribution in [3.05, 3.63) is 22.2 Å². The third-order valence-electron chi connectivity index (χ3n) is 12.2. The minimum absolute atomic E-state index is 0.0823. The molecule has 1 aromatic carbocycles. The SMILES string of the molecule is C[C@H](CCC(=O)O)C1CCC2C3CC[C@@H]4C[C@H](Nc5ccc([N+](=O)[O-])c6nonc56)CC[C@]4(C)C3CC[C@@]21C. The highest BCUT2D eigenvalue weighted by Gasteiger charge is 2.60. The van der Waals surface area contributed by atoms with Gasteiger partial charge in [-0.1, -0.05) is 20.8 Å². The summed E-state index contributed by atoms with van der Waals surface area (Å²) in [5, 5.41) is 32.0. The summed E-state index contributed by atoms with van der Waals surface area (Å²) in [4.78, 5) is 22.1. The van der Waals surface area contributed by atoms with Gasteiger partial charge in [-0.15, -0.1) is 0 Å². The van der Waals surface area contributed by atoms with Crippen molar-refractivity contribution in [1.82, 2.24) is 10.3 Å². The van der Waals surface area contributed by atoms with Crippen LogP contribution < -0.4 is 5.32 Å². The number of aliphatic carboxylic acids is 1. The second-order valence-electron chi connectivity index (χ2n) is 13.8. The van der Waals surface area contributed by atoms with Crippen molar-refractivity contribution in [2.45, 2.75) is 97.4 Å². The van der Waals surface area contributed by atoms with E-state index >= 15 is 0 Å². The molecule has 1 heterocycles. The van der Waals surface area contributed by atoms with Gasteiger partial charge in [-0.25, -0.2) is 4.63 Å². The summed E-state index contributed by atoms with van der Waals surface area (Å²) in [6.45, 7) is 7.41. The Kier molecular flexibility index (Phi) is 6.62. The number of carbonyl (C=O) groups is 1. The molecule has 39 heavy (non-hydrogen) atoms. The Hall–Kier alpha value is -2.71. The normalized spacial score (nSPS) is 38.4. The van der Waals surface area contributed by atoms with Crippen LogP contribution in [0.15, 0.2) is 16.8 Å². The van der Waals surface area contributed by atoms with E-state index in [-0.39, 0.29) is 17.6 Å². The molecular formula is C30H42N4O5. The maximum atomic E-state index is 11.4. The predicted octanol–water partition coefficient (Wildman–Crippen LogP) is 7.07. The fourth-order valence-corrected chi connectivity index (χ4v) is 10.3. The molecule has 2 N–H and O–H groups in total. The van der Waals surface area contributed by atoms with Gasteiger partial charge in [0.25, 0.3) is 0 Å². The van der Waals surface area contributed by atoms with E-state index in [1.54, 1.807) is 6.07 Å². The lowest BCUT2D eigenvalue weighted by molar-refractivity contribution is -0.383. The van der Waals surface area contributed by atoms with Crippen LogP contribution in [-0.4, -0.2) is 32.4 Å². The molecular weight excluding hydrogens is 496 g/mol. The number of nitrogens with zero attached hydrogens (tertiary/aromatic N) is 3. The summed E-state index contributed by atoms with van der Waals surface area (Å²) >= 11 is 0. The van der Waals surface area contributed by atoms with Gasteiger partial charge in [0, 0.05) is 18.5 Å². The molecule has 2 aromatic rings. The molecule has 0 amide bonds. The number of nitro groups is 1. The first kappa shape index (κ1) is 26.5. The summed E-state index contributed by atoms with van der Waals surface area (Å²) in [6, 6.07) is 3.54. The van der Waals surface area contributed by atoms with Gasteiger partial charge in [-0.2, -0.15) is 0 Å². The zero-order chi connectivity index (χ0) is 27.5. The number of rotatable bonds is 7. The molecule has 4 aliphatic carbocycles. The number of carboxylic acid groups (broad SMARTS) is 1. The molecule has 6 rings (SSSR count). The summed E-state index contributed by atoms with van der Waals surface area (Å²) in [5.41, 5.74) is 2.02. The average Bonchev–Trinajstić information content (AvgIpc) is 3.52. The number of hydrogen-bond donors (Lipinski definition) is 2. The Bertz CT molecular complexity index is 1260. The van der Waals surface area contributed by atoms with Crippen molar-refractivity contribution >= 4 is 28.4 Å². The number of benzene rings is 1. The van der Waals surface area contributed by atoms with Crippen molar-refractivity contribution < 1.29 is 19.5 Å². The Morgan fingerprint density at radius 2 is 1.85 bits per heavy atom. The van der Waals surface area contributed by atoms with Crippen LogP contribution in [0.5, 0.6) is 0 Å². The fourth-order valence-electron chi connectivity index (χ4n) is 10.3. The molecule has 0 aliphatic heterocycles. The first-order valence-corrected chi connectivity index (χ1v) is 15.0. The van der Waals surface area contributed by atoms with E-state index in [1.165, 1.54) is 51.0 Å². The molecule has 4 saturated carbocycles. The van der Waals surface area contributed by atoms with Crippen molar-refractivity contribution in [2.24, 2.45) is 46.3 Å². The Morgan fingerprint density at radius 3 is 2.62 bits per heavy atom. The van der Waals surface area contributed by atoms with E-state index in [2.05, 4.69) is 36.4 Å². The first-order valence-electron chi connectivity index (χ1n) is 15.0. The minimum atomic E-state index is -0.669. The van der Waals surface area contributed by atoms with Crippen LogP contribution in [0.3, 0.4) is 0 Å². The number of fused-ring (bicyclic) bond motifs is 6. The monoisotopic (exact) mass is 538 g/mol. The molecule has 0 spiro atoms. The van der Waals surface area contributed by atoms with Gasteiger partial charge in [0.2, 0.25) is 5.52 Å². The van der Waals surface area contributed by atoms with Crippen LogP contribution in [0.25, 0.3) is 11.0 Å². The van der Waals surface area contributed by atoms with Crippen LogP contribution in [0.4, 0.5) is 11.4 Å². The largest absolute Gasteiger partial charge is 0.481 e. The molecule has 4 fully saturated rings. The zero-order valence-electron chi connectivity index (χ0n) is 23.4. The van der Waals surface area contributed by atoms with Crippen LogP contribution in [-0.2, 0) is 4.79 Å². The lowest BCUT2D eigenvalue weighted by Crippen LogP contribution is -2.54. The number of carboxylic acids is 1. The Labute approximate surface area is 229 Å². The summed E-state index contributed by atoms with van der Waals surface area (Å²) in [6.07, 6.45) is 12.2. The molecule has 1 aromatic heterocycles. The summed E-state index contributed by atoms with van der Waals surface area (Å²) in [7, 11) is 0. The number of nitrogens with one attached hydrogen (secondary N) is 1. The highest BCUT2D eigenvalue weighted by Crippen LogP contribution is 2.68. The van der Waals surface area contributed by atoms with Crippen molar-refractivity contribution in [3.8, 4) is 0 Å². The molecule has 0 saturated heterocycles. The number of hydrogen-bond acceptors (Lipinski definition) is 7. The molecule has 0 bridgehead atoms. The van der Waals surface area contributed by atoms with Gasteiger partial charge in [0.1, 0.15) is 0 Å². The number of non-ortho nitro benzene ring substituents is 1. The lowest BCUT2D eigenvalue weighted by atomic mass is 9.44. The molecule has 9 nitrogen and oxygen atoms in total. The van der Waals surface area contributed by atoms with Gasteiger partial charge >= 0.3 is 11.7 Å². The maximum Gasteiger partial charge on any atom is 0.303 e. The van der Waals surface area contributed by atoms with E-state index in [0.29, 0.717) is 40.1 Å². The fraction of sp³-hybridized carbons (Fsp3) is 0.767. The van der Waals surface area contributed by atoms with Crippen molar-refractivity contribution in [2.75, 3.05) is 5.32 Å². The van der Waals surface area contributed by atoms with Gasteiger partial charge < -0.3 is 10.4 Å². The lowest BCUT2D eigenvalue weighted by Gasteiger charge is -2.61. The zero-order valence-corrected chi connectivity index (χ0v) is 23.4. The van der Waals surface area contributed by atoms with Gasteiger partial charge in [-0.05, 0) is 127 Å². The van der Waals surface area contributed by atoms with Gasteiger partial charge in [-0.3, -0.25) is 14.9 Å². The van der Waals surface area contributed by atoms with Gasteiger partial charge in [0.05, 0.1) is 10.6 Å². The van der Waals surface area contributed by atoms with Crippen molar-refractivity contribution in [1.29, 1.82) is 0 Å². The third kappa shape index (κ3) is 4.31. The van der Waals surface area contributed by atoms with E-state index in [1.807, 2.05) is 0 Å². The summed E-state index contributed by atoms with van der Waals surface area (Å²) < 4.78 is 4.86. The molecule has 0 radical (unpaired) electrons. The van der Waals surface area contributed by atoms with Crippen LogP contribution >= 0.6 is 0 Å². The molecule has 4 unspecified atom stereocenters. The smallest absolute Gasteiger partial charge is 0.303 e. The summed E-state index contributed by atoms with van der Waals surface area (Å²) in [5.74, 6) is 3.47. The molecule has 9 heteroatoms. The second-order valence-corrected chi connectivity index (χ2v) is 13.8. The average molecular weight is 539 g/mol. The molecule has 4 aliphatic rings. The van der Waals surface area contributed by atoms with E-state index in [9.17, 15) is 20.0 Å². The predicted molar refractivity (Wildman–Crippen MR) is 147 cm³/mol. The van der Waals surface area contributed by atoms with Crippen molar-refractivity contribution in [3.63, 3.8) is 0 Å². The third-order valence-corrected chi connectivity index (χ3v) is 12.2. The second kappa shape index (κ2) is 9.73. The van der Waals surface area contributed by atoms with Crippen LogP contribution in [0, 0.1) is 56.5 Å². The van der Waals surface area contributed by atoms with Crippen LogP contribution in [0.2, 0.25) is 0 Å². The molecule has 212 valence electrons. The highest BCUT2D eigenvalue weighted by atomic mass is 16.6. The minimum Gasteiger partial charge on any atom is -0.481 e. The van der Waals surface area contributed by atoms with E-state index in [0.717, 1.165) is 42.7 Å². The number of nitro benzene ring substituents is 1. The molecule has 9 atom stereocenters. The first-order chi connectivity index (χ1) is 18.6. The standard InChI is InChI=1S/C30H42N4O5/c1-17(4-11-26(35)36)21-7-8-22-20-6-5-18-16-19(12-14-29(18,2)23(20)13-15-30(21,22)3)31-24-9-10-25(34(37)38)28-27(24)32-39-33-28/h9-10,17-23,31H,4-8,11-16H2,1-3H3,(H,35,36)/t17-,18-,19-,20?,21?,22?,23?,29+,30-/m1/s1. The number of anilines is 1. The topological polar surface area (TPSA) is 131 Å². The van der Waals surface area contributed by atoms with Crippen LogP contribution in [0.1, 0.15) is 91.4 Å². The Morgan fingerprint density at radius 1 is 1.10 bits per heavy atom.